The fourth-order valence-corrected chi connectivity index (χ4v) is 2.55. The van der Waals surface area contributed by atoms with E-state index < -0.39 is 5.82 Å². The molecule has 3 nitrogen and oxygen atoms in total. The molecule has 0 bridgehead atoms. The molecule has 1 aliphatic rings. The van der Waals surface area contributed by atoms with Gasteiger partial charge < -0.3 is 10.1 Å². The molecule has 21 heavy (non-hydrogen) atoms. The van der Waals surface area contributed by atoms with E-state index in [1.165, 1.54) is 12.1 Å². The van der Waals surface area contributed by atoms with Crippen molar-refractivity contribution in [1.29, 1.82) is 5.26 Å². The molecule has 0 aliphatic carbocycles. The molecule has 1 aliphatic heterocycles. The van der Waals surface area contributed by atoms with Gasteiger partial charge in [0.1, 0.15) is 23.7 Å². The quantitative estimate of drug-likeness (QED) is 0.939. The van der Waals surface area contributed by atoms with Gasteiger partial charge in [-0.25, -0.2) is 4.39 Å². The Bertz CT molecular complexity index is 727. The van der Waals surface area contributed by atoms with Crippen molar-refractivity contribution in [3.63, 3.8) is 0 Å². The number of rotatable bonds is 3. The summed E-state index contributed by atoms with van der Waals surface area (Å²) < 4.78 is 19.0. The molecule has 2 aromatic rings. The van der Waals surface area contributed by atoms with Crippen LogP contribution < -0.4 is 10.1 Å². The van der Waals surface area contributed by atoms with E-state index in [0.717, 1.165) is 17.7 Å². The van der Waals surface area contributed by atoms with Crippen LogP contribution in [0.25, 0.3) is 0 Å². The van der Waals surface area contributed by atoms with E-state index in [4.69, 9.17) is 21.6 Å². The van der Waals surface area contributed by atoms with Crippen LogP contribution >= 0.6 is 11.6 Å². The van der Waals surface area contributed by atoms with E-state index >= 15 is 0 Å². The molecule has 0 radical (unpaired) electrons. The Morgan fingerprint density at radius 1 is 1.33 bits per heavy atom. The molecular formula is C16H12ClFN2O. The second kappa shape index (κ2) is 5.63. The molecule has 5 heteroatoms. The van der Waals surface area contributed by atoms with E-state index in [2.05, 4.69) is 5.32 Å². The highest BCUT2D eigenvalue weighted by Gasteiger charge is 2.22. The van der Waals surface area contributed by atoms with Gasteiger partial charge in [-0.2, -0.15) is 5.26 Å². The Hall–Kier alpha value is -2.25. The van der Waals surface area contributed by atoms with Crippen molar-refractivity contribution >= 4 is 17.3 Å². The first-order valence-electron chi connectivity index (χ1n) is 6.54. The predicted molar refractivity (Wildman–Crippen MR) is 79.2 cm³/mol. The van der Waals surface area contributed by atoms with Gasteiger partial charge in [-0.15, -0.1) is 0 Å². The van der Waals surface area contributed by atoms with E-state index in [-0.39, 0.29) is 11.7 Å². The molecule has 1 heterocycles. The Morgan fingerprint density at radius 2 is 2.19 bits per heavy atom. The van der Waals surface area contributed by atoms with Crippen LogP contribution in [0, 0.1) is 17.1 Å². The van der Waals surface area contributed by atoms with Gasteiger partial charge in [-0.05, 0) is 42.0 Å². The lowest BCUT2D eigenvalue weighted by molar-refractivity contribution is 0.246. The molecule has 1 unspecified atom stereocenters. The largest absolute Gasteiger partial charge is 0.488 e. The van der Waals surface area contributed by atoms with Gasteiger partial charge >= 0.3 is 0 Å². The number of nitrogens with zero attached hydrogens (tertiary/aromatic N) is 1. The first-order chi connectivity index (χ1) is 10.2. The third-order valence-electron chi connectivity index (χ3n) is 3.38. The van der Waals surface area contributed by atoms with E-state index in [9.17, 15) is 4.39 Å². The minimum atomic E-state index is -0.512. The number of fused-ring (bicyclic) bond motifs is 1. The molecule has 1 atom stereocenters. The first-order valence-corrected chi connectivity index (χ1v) is 6.92. The van der Waals surface area contributed by atoms with Crippen LogP contribution in [0.3, 0.4) is 0 Å². The van der Waals surface area contributed by atoms with Gasteiger partial charge in [0.2, 0.25) is 0 Å². The van der Waals surface area contributed by atoms with Gasteiger partial charge in [0.05, 0.1) is 12.1 Å². The number of anilines is 1. The maximum absolute atomic E-state index is 13.2. The molecular weight excluding hydrogens is 291 g/mol. The molecule has 0 saturated carbocycles. The van der Waals surface area contributed by atoms with Crippen molar-refractivity contribution in [1.82, 2.24) is 0 Å². The van der Waals surface area contributed by atoms with E-state index in [1.807, 2.05) is 18.2 Å². The topological polar surface area (TPSA) is 45.0 Å². The molecule has 0 aromatic heterocycles. The zero-order valence-corrected chi connectivity index (χ0v) is 11.8. The van der Waals surface area contributed by atoms with E-state index in [0.29, 0.717) is 17.3 Å². The first kappa shape index (κ1) is 13.7. The monoisotopic (exact) mass is 302 g/mol. The minimum Gasteiger partial charge on any atom is -0.488 e. The Morgan fingerprint density at radius 3 is 3.00 bits per heavy atom. The summed E-state index contributed by atoms with van der Waals surface area (Å²) >= 11 is 5.95. The van der Waals surface area contributed by atoms with E-state index in [1.54, 1.807) is 12.1 Å². The van der Waals surface area contributed by atoms with Crippen LogP contribution in [0.15, 0.2) is 36.4 Å². The highest BCUT2D eigenvalue weighted by molar-refractivity contribution is 6.30. The Labute approximate surface area is 126 Å². The Kier molecular flexibility index (Phi) is 3.68. The van der Waals surface area contributed by atoms with Crippen molar-refractivity contribution in [3.8, 4) is 11.8 Å². The number of hydrogen-bond acceptors (Lipinski definition) is 3. The number of benzene rings is 2. The summed E-state index contributed by atoms with van der Waals surface area (Å²) in [5.74, 6) is 0.338. The van der Waals surface area contributed by atoms with Crippen molar-refractivity contribution in [3.05, 3.63) is 58.4 Å². The standard InChI is InChI=1S/C16H12ClFN2O/c17-12-1-4-16-10(5-12)7-14(21-16)9-20-13-2-3-15(18)11(6-13)8-19/h1-6,14,20H,7,9H2. The summed E-state index contributed by atoms with van der Waals surface area (Å²) in [6.07, 6.45) is 0.768. The van der Waals surface area contributed by atoms with Crippen molar-refractivity contribution in [2.45, 2.75) is 12.5 Å². The van der Waals surface area contributed by atoms with Crippen LogP contribution in [0.5, 0.6) is 5.75 Å². The lowest BCUT2D eigenvalue weighted by atomic mass is 10.1. The third kappa shape index (κ3) is 2.93. The maximum atomic E-state index is 13.2. The third-order valence-corrected chi connectivity index (χ3v) is 3.62. The predicted octanol–water partition coefficient (Wildman–Crippen LogP) is 3.77. The molecule has 106 valence electrons. The summed E-state index contributed by atoms with van der Waals surface area (Å²) in [6.45, 7) is 0.572. The zero-order valence-electron chi connectivity index (χ0n) is 11.1. The van der Waals surface area contributed by atoms with Crippen molar-refractivity contribution in [2.24, 2.45) is 0 Å². The lowest BCUT2D eigenvalue weighted by Gasteiger charge is -2.13. The fourth-order valence-electron chi connectivity index (χ4n) is 2.36. The summed E-state index contributed by atoms with van der Waals surface area (Å²) in [5.41, 5.74) is 1.82. The van der Waals surface area contributed by atoms with Crippen LogP contribution in [0.1, 0.15) is 11.1 Å². The molecule has 2 aromatic carbocycles. The highest BCUT2D eigenvalue weighted by atomic mass is 35.5. The molecule has 0 saturated heterocycles. The van der Waals surface area contributed by atoms with Gasteiger partial charge in [0, 0.05) is 17.1 Å². The van der Waals surface area contributed by atoms with Crippen LogP contribution in [-0.4, -0.2) is 12.6 Å². The number of ether oxygens (including phenoxy) is 1. The lowest BCUT2D eigenvalue weighted by Crippen LogP contribution is -2.24. The molecule has 0 fully saturated rings. The smallest absolute Gasteiger partial charge is 0.141 e. The number of hydrogen-bond donors (Lipinski definition) is 1. The molecule has 1 N–H and O–H groups in total. The summed E-state index contributed by atoms with van der Waals surface area (Å²) in [7, 11) is 0. The normalized spacial score (nSPS) is 16.0. The van der Waals surface area contributed by atoms with Crippen molar-refractivity contribution < 1.29 is 9.13 Å². The summed E-state index contributed by atoms with van der Waals surface area (Å²) in [6, 6.07) is 11.8. The minimum absolute atomic E-state index is 0.00550. The second-order valence-electron chi connectivity index (χ2n) is 4.88. The molecule has 3 rings (SSSR count). The average Bonchev–Trinajstić information content (AvgIpc) is 2.88. The molecule has 0 amide bonds. The summed E-state index contributed by atoms with van der Waals surface area (Å²) in [4.78, 5) is 0. The van der Waals surface area contributed by atoms with Gasteiger partial charge in [0.15, 0.2) is 0 Å². The zero-order chi connectivity index (χ0) is 14.8. The molecule has 0 spiro atoms. The van der Waals surface area contributed by atoms with Crippen LogP contribution in [-0.2, 0) is 6.42 Å². The van der Waals surface area contributed by atoms with Crippen molar-refractivity contribution in [2.75, 3.05) is 11.9 Å². The highest BCUT2D eigenvalue weighted by Crippen LogP contribution is 2.31. The van der Waals surface area contributed by atoms with Gasteiger partial charge in [-0.3, -0.25) is 0 Å². The average molecular weight is 303 g/mol. The number of nitriles is 1. The van der Waals surface area contributed by atoms with Crippen LogP contribution in [0.2, 0.25) is 5.02 Å². The second-order valence-corrected chi connectivity index (χ2v) is 5.32. The van der Waals surface area contributed by atoms with Crippen LogP contribution in [0.4, 0.5) is 10.1 Å². The SMILES string of the molecule is N#Cc1cc(NCC2Cc3cc(Cl)ccc3O2)ccc1F. The Balaban J connectivity index is 1.64. The maximum Gasteiger partial charge on any atom is 0.141 e. The fraction of sp³-hybridized carbons (Fsp3) is 0.188. The van der Waals surface area contributed by atoms with Gasteiger partial charge in [0.25, 0.3) is 0 Å². The number of halogens is 2. The van der Waals surface area contributed by atoms with Gasteiger partial charge in [-0.1, -0.05) is 11.6 Å². The summed E-state index contributed by atoms with van der Waals surface area (Å²) in [5, 5.41) is 12.7. The number of nitrogens with one attached hydrogen (secondary N) is 1.